The fourth-order valence-electron chi connectivity index (χ4n) is 2.26. The minimum Gasteiger partial charge on any atom is -0.406 e. The van der Waals surface area contributed by atoms with Crippen molar-refractivity contribution < 1.29 is 27.5 Å². The number of ether oxygens (including phenoxy) is 1. The predicted molar refractivity (Wildman–Crippen MR) is 106 cm³/mol. The molecule has 158 valence electrons. The number of anilines is 3. The molecule has 0 saturated carbocycles. The first-order valence-corrected chi connectivity index (χ1v) is 10.0. The molecule has 0 bridgehead atoms. The molecular formula is C17H14F3N5O3S2. The molecule has 30 heavy (non-hydrogen) atoms. The number of nitrogens with one attached hydrogen (secondary N) is 2. The lowest BCUT2D eigenvalue weighted by atomic mass is 10.3. The monoisotopic (exact) mass is 457 g/mol. The summed E-state index contributed by atoms with van der Waals surface area (Å²) in [6.07, 6.45) is -4.75. The number of nitrogens with two attached hydrogens (primary N) is 1. The minimum atomic E-state index is -4.75. The Hall–Kier alpha value is -3.19. The number of rotatable bonds is 8. The number of nitrogens with zero attached hydrogens (tertiary/aromatic N) is 2. The first kappa shape index (κ1) is 21.5. The van der Waals surface area contributed by atoms with Crippen LogP contribution in [-0.4, -0.2) is 28.1 Å². The Kier molecular flexibility index (Phi) is 6.52. The number of carbonyl (C=O) groups is 2. The van der Waals surface area contributed by atoms with Crippen molar-refractivity contribution in [1.29, 1.82) is 0 Å². The second kappa shape index (κ2) is 9.09. The zero-order valence-corrected chi connectivity index (χ0v) is 16.7. The van der Waals surface area contributed by atoms with Crippen molar-refractivity contribution in [3.8, 4) is 5.75 Å². The first-order valence-electron chi connectivity index (χ1n) is 8.26. The molecule has 2 aromatic heterocycles. The average molecular weight is 457 g/mol. The molecule has 0 spiro atoms. The standard InChI is InChI=1S/C17H14F3N5O3S2/c18-17(19,20)28-12-3-1-9(2-4-12)22-15-24-11(8-29-15)6-14(27)25-16-23-10(7-30-16)5-13(21)26/h1-4,7-8H,5-6H2,(H2,21,26)(H,22,24)(H,23,25,27). The van der Waals surface area contributed by atoms with Crippen LogP contribution in [0.2, 0.25) is 0 Å². The number of thiazole rings is 2. The van der Waals surface area contributed by atoms with Crippen molar-refractivity contribution in [2.75, 3.05) is 10.6 Å². The van der Waals surface area contributed by atoms with Gasteiger partial charge in [0.1, 0.15) is 5.75 Å². The lowest BCUT2D eigenvalue weighted by Gasteiger charge is -2.09. The van der Waals surface area contributed by atoms with Crippen LogP contribution in [0.5, 0.6) is 5.75 Å². The zero-order chi connectivity index (χ0) is 21.7. The summed E-state index contributed by atoms with van der Waals surface area (Å²) in [4.78, 5) is 31.4. The van der Waals surface area contributed by atoms with Crippen molar-refractivity contribution in [3.63, 3.8) is 0 Å². The van der Waals surface area contributed by atoms with Gasteiger partial charge in [-0.05, 0) is 24.3 Å². The quantitative estimate of drug-likeness (QED) is 0.477. The van der Waals surface area contributed by atoms with Gasteiger partial charge in [-0.3, -0.25) is 9.59 Å². The molecule has 0 radical (unpaired) electrons. The van der Waals surface area contributed by atoms with Gasteiger partial charge >= 0.3 is 6.36 Å². The molecule has 0 atom stereocenters. The molecule has 0 aliphatic carbocycles. The van der Waals surface area contributed by atoms with E-state index in [0.717, 1.165) is 0 Å². The molecule has 0 aliphatic rings. The molecule has 0 fully saturated rings. The van der Waals surface area contributed by atoms with Crippen LogP contribution < -0.4 is 21.1 Å². The van der Waals surface area contributed by atoms with Gasteiger partial charge in [0.15, 0.2) is 10.3 Å². The van der Waals surface area contributed by atoms with Gasteiger partial charge < -0.3 is 21.1 Å². The molecule has 8 nitrogen and oxygen atoms in total. The Bertz CT molecular complexity index is 1030. The average Bonchev–Trinajstić information content (AvgIpc) is 3.24. The summed E-state index contributed by atoms with van der Waals surface area (Å²) < 4.78 is 40.4. The van der Waals surface area contributed by atoms with E-state index < -0.39 is 12.3 Å². The van der Waals surface area contributed by atoms with Gasteiger partial charge in [-0.25, -0.2) is 9.97 Å². The van der Waals surface area contributed by atoms with E-state index in [1.165, 1.54) is 46.9 Å². The van der Waals surface area contributed by atoms with Crippen LogP contribution in [-0.2, 0) is 22.4 Å². The maximum atomic E-state index is 12.2. The van der Waals surface area contributed by atoms with E-state index in [0.29, 0.717) is 27.3 Å². The Morgan fingerprint density at radius 3 is 2.23 bits per heavy atom. The Balaban J connectivity index is 1.52. The number of halogens is 3. The minimum absolute atomic E-state index is 0.00126. The molecule has 2 amide bonds. The van der Waals surface area contributed by atoms with E-state index in [4.69, 9.17) is 5.73 Å². The van der Waals surface area contributed by atoms with Crippen molar-refractivity contribution in [2.45, 2.75) is 19.2 Å². The molecule has 13 heteroatoms. The van der Waals surface area contributed by atoms with Crippen LogP contribution >= 0.6 is 22.7 Å². The number of hydrogen-bond acceptors (Lipinski definition) is 8. The van der Waals surface area contributed by atoms with Crippen molar-refractivity contribution in [3.05, 3.63) is 46.4 Å². The molecule has 0 saturated heterocycles. The summed E-state index contributed by atoms with van der Waals surface area (Å²) in [5.74, 6) is -1.17. The van der Waals surface area contributed by atoms with Crippen molar-refractivity contribution >= 4 is 50.4 Å². The van der Waals surface area contributed by atoms with Gasteiger partial charge in [-0.1, -0.05) is 0 Å². The van der Waals surface area contributed by atoms with Gasteiger partial charge in [-0.15, -0.1) is 35.8 Å². The first-order chi connectivity index (χ1) is 14.2. The normalized spacial score (nSPS) is 11.2. The maximum Gasteiger partial charge on any atom is 0.573 e. The third-order valence-electron chi connectivity index (χ3n) is 3.39. The van der Waals surface area contributed by atoms with Crippen LogP contribution in [0.15, 0.2) is 35.0 Å². The number of carbonyl (C=O) groups excluding carboxylic acids is 2. The number of benzene rings is 1. The highest BCUT2D eigenvalue weighted by Crippen LogP contribution is 2.26. The fraction of sp³-hybridized carbons (Fsp3) is 0.176. The third-order valence-corrected chi connectivity index (χ3v) is 5.00. The lowest BCUT2D eigenvalue weighted by Crippen LogP contribution is -2.16. The SMILES string of the molecule is NC(=O)Cc1csc(NC(=O)Cc2csc(Nc3ccc(OC(F)(F)F)cc3)n2)n1. The Morgan fingerprint density at radius 1 is 1.00 bits per heavy atom. The fourth-order valence-corrected chi connectivity index (χ4v) is 3.72. The maximum absolute atomic E-state index is 12.2. The molecule has 4 N–H and O–H groups in total. The van der Waals surface area contributed by atoms with Crippen LogP contribution in [0, 0.1) is 0 Å². The zero-order valence-electron chi connectivity index (χ0n) is 15.0. The summed E-state index contributed by atoms with van der Waals surface area (Å²) in [5, 5.41) is 9.71. The molecule has 3 rings (SSSR count). The Labute approximate surface area is 175 Å². The third kappa shape index (κ3) is 6.70. The molecule has 0 aliphatic heterocycles. The Morgan fingerprint density at radius 2 is 1.60 bits per heavy atom. The van der Waals surface area contributed by atoms with E-state index in [9.17, 15) is 22.8 Å². The molecule has 2 heterocycles. The van der Waals surface area contributed by atoms with Gasteiger partial charge in [0.25, 0.3) is 0 Å². The van der Waals surface area contributed by atoms with Crippen LogP contribution in [0.3, 0.4) is 0 Å². The van der Waals surface area contributed by atoms with Gasteiger partial charge in [0, 0.05) is 16.4 Å². The van der Waals surface area contributed by atoms with E-state index in [1.807, 2.05) is 0 Å². The van der Waals surface area contributed by atoms with Crippen molar-refractivity contribution in [2.24, 2.45) is 5.73 Å². The molecule has 1 aromatic carbocycles. The topological polar surface area (TPSA) is 119 Å². The summed E-state index contributed by atoms with van der Waals surface area (Å²) in [6.45, 7) is 0. The number of aromatic nitrogens is 2. The molecule has 0 unspecified atom stereocenters. The van der Waals surface area contributed by atoms with Crippen LogP contribution in [0.25, 0.3) is 0 Å². The van der Waals surface area contributed by atoms with Gasteiger partial charge in [-0.2, -0.15) is 0 Å². The van der Waals surface area contributed by atoms with Gasteiger partial charge in [0.2, 0.25) is 11.8 Å². The van der Waals surface area contributed by atoms with E-state index >= 15 is 0 Å². The second-order valence-corrected chi connectivity index (χ2v) is 7.57. The highest BCUT2D eigenvalue weighted by atomic mass is 32.1. The van der Waals surface area contributed by atoms with Crippen LogP contribution in [0.1, 0.15) is 11.4 Å². The van der Waals surface area contributed by atoms with E-state index in [-0.39, 0.29) is 24.5 Å². The summed E-state index contributed by atoms with van der Waals surface area (Å²) in [7, 11) is 0. The highest BCUT2D eigenvalue weighted by molar-refractivity contribution is 7.14. The number of primary amides is 1. The number of amides is 2. The van der Waals surface area contributed by atoms with Gasteiger partial charge in [0.05, 0.1) is 24.2 Å². The summed E-state index contributed by atoms with van der Waals surface area (Å²) in [6, 6.07) is 5.19. The summed E-state index contributed by atoms with van der Waals surface area (Å²) >= 11 is 2.42. The molecule has 3 aromatic rings. The lowest BCUT2D eigenvalue weighted by molar-refractivity contribution is -0.274. The largest absolute Gasteiger partial charge is 0.573 e. The smallest absolute Gasteiger partial charge is 0.406 e. The second-order valence-electron chi connectivity index (χ2n) is 5.85. The van der Waals surface area contributed by atoms with E-state index in [2.05, 4.69) is 25.3 Å². The van der Waals surface area contributed by atoms with Crippen LogP contribution in [0.4, 0.5) is 29.1 Å². The number of hydrogen-bond donors (Lipinski definition) is 3. The number of alkyl halides is 3. The van der Waals surface area contributed by atoms with E-state index in [1.54, 1.807) is 10.8 Å². The highest BCUT2D eigenvalue weighted by Gasteiger charge is 2.30. The van der Waals surface area contributed by atoms with Crippen molar-refractivity contribution in [1.82, 2.24) is 9.97 Å². The molecular weight excluding hydrogens is 443 g/mol. The summed E-state index contributed by atoms with van der Waals surface area (Å²) in [5.41, 5.74) is 6.60. The predicted octanol–water partition coefficient (Wildman–Crippen LogP) is 3.45.